The molecule has 0 aromatic carbocycles. The summed E-state index contributed by atoms with van der Waals surface area (Å²) in [6.07, 6.45) is 0. The highest BCUT2D eigenvalue weighted by Crippen LogP contribution is 2.15. The van der Waals surface area contributed by atoms with Gasteiger partial charge in [0.1, 0.15) is 5.82 Å². The first kappa shape index (κ1) is 5.37. The predicted molar refractivity (Wildman–Crippen MR) is 34.4 cm³/mol. The van der Waals surface area contributed by atoms with E-state index in [0.29, 0.717) is 5.13 Å². The second-order valence-electron chi connectivity index (χ2n) is 1.29. The van der Waals surface area contributed by atoms with Crippen LogP contribution in [0.3, 0.4) is 0 Å². The summed E-state index contributed by atoms with van der Waals surface area (Å²) in [4.78, 5) is 3.80. The molecular weight excluding hydrogens is 122 g/mol. The van der Waals surface area contributed by atoms with Crippen LogP contribution in [0.25, 0.3) is 0 Å². The molecule has 3 nitrogen and oxygen atoms in total. The first-order chi connectivity index (χ1) is 3.83. The van der Waals surface area contributed by atoms with Crippen LogP contribution < -0.4 is 11.1 Å². The van der Waals surface area contributed by atoms with Gasteiger partial charge in [0.05, 0.1) is 0 Å². The van der Waals surface area contributed by atoms with Gasteiger partial charge in [-0.1, -0.05) is 0 Å². The number of thiazole rings is 1. The maximum atomic E-state index is 6.99. The lowest BCUT2D eigenvalue weighted by molar-refractivity contribution is 1.30. The van der Waals surface area contributed by atoms with Gasteiger partial charge in [0, 0.05) is 12.4 Å². The van der Waals surface area contributed by atoms with Gasteiger partial charge in [-0.15, -0.1) is 11.3 Å². The maximum absolute atomic E-state index is 6.99. The van der Waals surface area contributed by atoms with Gasteiger partial charge in [0.25, 0.3) is 0 Å². The molecule has 1 aromatic rings. The smallest absolute Gasteiger partial charge is 0.203 e. The van der Waals surface area contributed by atoms with Crippen molar-refractivity contribution in [1.82, 2.24) is 10.7 Å². The largest absolute Gasteiger partial charge is 0.372 e. The van der Waals surface area contributed by atoms with E-state index in [1.807, 2.05) is 5.38 Å². The highest BCUT2D eigenvalue weighted by atomic mass is 32.1. The molecule has 0 spiro atoms. The molecule has 0 saturated carbocycles. The van der Waals surface area contributed by atoms with Crippen LogP contribution >= 0.6 is 11.3 Å². The first-order valence-corrected chi connectivity index (χ1v) is 3.06. The van der Waals surface area contributed by atoms with Crippen molar-refractivity contribution >= 4 is 22.3 Å². The highest BCUT2D eigenvalue weighted by molar-refractivity contribution is 7.13. The molecule has 0 fully saturated rings. The molecule has 1 heterocycles. The summed E-state index contributed by atoms with van der Waals surface area (Å²) in [5.74, 6) is 0.778. The fourth-order valence-electron chi connectivity index (χ4n) is 0.389. The molecule has 1 aromatic heterocycles. The van der Waals surface area contributed by atoms with Gasteiger partial charge in [-0.3, -0.25) is 5.73 Å². The Morgan fingerprint density at radius 2 is 2.62 bits per heavy atom. The highest BCUT2D eigenvalue weighted by Gasteiger charge is 1.91. The van der Waals surface area contributed by atoms with Crippen LogP contribution in [0.2, 0.25) is 0 Å². The molecule has 1 rings (SSSR count). The summed E-state index contributed by atoms with van der Waals surface area (Å²) < 4.78 is 0. The summed E-state index contributed by atoms with van der Waals surface area (Å²) in [7, 11) is 1.79. The molecule has 43 valence electrons. The number of rotatable bonds is 1. The van der Waals surface area contributed by atoms with Crippen molar-refractivity contribution < 1.29 is 0 Å². The lowest BCUT2D eigenvalue weighted by Gasteiger charge is -1.85. The zero-order valence-corrected chi connectivity index (χ0v) is 5.25. The molecule has 0 bridgehead atoms. The summed E-state index contributed by atoms with van der Waals surface area (Å²) in [5, 5.41) is 4.99. The van der Waals surface area contributed by atoms with Crippen LogP contribution in [0, 0.1) is 0 Å². The second-order valence-corrected chi connectivity index (χ2v) is 2.15. The van der Waals surface area contributed by atoms with Crippen LogP contribution in [0.1, 0.15) is 0 Å². The van der Waals surface area contributed by atoms with Crippen molar-refractivity contribution in [3.8, 4) is 0 Å². The normalized spacial score (nSPS) is 9.12. The molecule has 0 aliphatic carbocycles. The Hall–Kier alpha value is -0.770. The first-order valence-electron chi connectivity index (χ1n) is 2.18. The zero-order chi connectivity index (χ0) is 5.98. The number of nitrogens with zero attached hydrogens (tertiary/aromatic N) is 1. The topological polar surface area (TPSA) is 48.7 Å². The van der Waals surface area contributed by atoms with Crippen molar-refractivity contribution in [2.24, 2.45) is 0 Å². The van der Waals surface area contributed by atoms with Crippen molar-refractivity contribution in [1.29, 1.82) is 0 Å². The monoisotopic (exact) mass is 128 g/mol. The molecule has 1 radical (unpaired) electrons. The molecule has 0 amide bonds. The van der Waals surface area contributed by atoms with E-state index in [9.17, 15) is 0 Å². The Labute approximate surface area is 51.5 Å². The molecule has 4 heteroatoms. The van der Waals surface area contributed by atoms with Crippen LogP contribution in [0.4, 0.5) is 10.9 Å². The van der Waals surface area contributed by atoms with E-state index in [1.54, 1.807) is 7.05 Å². The number of aromatic nitrogens is 1. The average Bonchev–Trinajstić information content (AvgIpc) is 2.14. The fourth-order valence-corrected chi connectivity index (χ4v) is 0.933. The molecular formula is C4H6N3S. The van der Waals surface area contributed by atoms with E-state index in [0.717, 1.165) is 5.82 Å². The number of hydrogen-bond donors (Lipinski definition) is 1. The number of anilines is 1. The van der Waals surface area contributed by atoms with Crippen molar-refractivity contribution in [2.45, 2.75) is 0 Å². The van der Waals surface area contributed by atoms with Crippen molar-refractivity contribution in [2.75, 3.05) is 12.4 Å². The minimum absolute atomic E-state index is 0.356. The van der Waals surface area contributed by atoms with Gasteiger partial charge in [0.2, 0.25) is 5.13 Å². The van der Waals surface area contributed by atoms with E-state index >= 15 is 0 Å². The van der Waals surface area contributed by atoms with Crippen LogP contribution in [0.15, 0.2) is 5.38 Å². The van der Waals surface area contributed by atoms with Gasteiger partial charge >= 0.3 is 0 Å². The van der Waals surface area contributed by atoms with Gasteiger partial charge in [0.15, 0.2) is 0 Å². The standard InChI is InChI=1S/C4H6N3S/c1-6-3-2-8-4(5)7-3/h2,5-6H,1H3. The summed E-state index contributed by atoms with van der Waals surface area (Å²) in [6.45, 7) is 0. The van der Waals surface area contributed by atoms with E-state index < -0.39 is 0 Å². The maximum Gasteiger partial charge on any atom is 0.203 e. The minimum atomic E-state index is 0.356. The Morgan fingerprint density at radius 1 is 1.88 bits per heavy atom. The Kier molecular flexibility index (Phi) is 1.34. The molecule has 0 aliphatic heterocycles. The Bertz CT molecular complexity index is 172. The number of hydrogen-bond acceptors (Lipinski definition) is 3. The van der Waals surface area contributed by atoms with Gasteiger partial charge in [-0.25, -0.2) is 4.98 Å². The van der Waals surface area contributed by atoms with E-state index in [2.05, 4.69) is 10.3 Å². The summed E-state index contributed by atoms with van der Waals surface area (Å²) >= 11 is 1.32. The van der Waals surface area contributed by atoms with Crippen LogP contribution in [-0.2, 0) is 0 Å². The molecule has 0 atom stereocenters. The van der Waals surface area contributed by atoms with Crippen molar-refractivity contribution in [3.05, 3.63) is 5.38 Å². The average molecular weight is 128 g/mol. The summed E-state index contributed by atoms with van der Waals surface area (Å²) in [5.41, 5.74) is 6.99. The van der Waals surface area contributed by atoms with E-state index in [-0.39, 0.29) is 0 Å². The molecule has 0 aliphatic rings. The van der Waals surface area contributed by atoms with E-state index in [1.165, 1.54) is 11.3 Å². The van der Waals surface area contributed by atoms with Gasteiger partial charge in [-0.2, -0.15) is 0 Å². The lowest BCUT2D eigenvalue weighted by Crippen LogP contribution is -1.85. The fraction of sp³-hybridized carbons (Fsp3) is 0.250. The third kappa shape index (κ3) is 0.894. The third-order valence-corrected chi connectivity index (χ3v) is 1.42. The lowest BCUT2D eigenvalue weighted by atomic mass is 10.8. The van der Waals surface area contributed by atoms with E-state index in [4.69, 9.17) is 5.73 Å². The molecule has 0 saturated heterocycles. The SMILES string of the molecule is CNc1csc([NH])n1. The number of nitrogens with one attached hydrogen (secondary N) is 2. The summed E-state index contributed by atoms with van der Waals surface area (Å²) in [6, 6.07) is 0. The second kappa shape index (κ2) is 2.00. The van der Waals surface area contributed by atoms with Crippen LogP contribution in [0.5, 0.6) is 0 Å². The Morgan fingerprint density at radius 3 is 2.88 bits per heavy atom. The molecule has 8 heavy (non-hydrogen) atoms. The van der Waals surface area contributed by atoms with Crippen LogP contribution in [-0.4, -0.2) is 12.0 Å². The Balaban J connectivity index is 2.84. The van der Waals surface area contributed by atoms with Gasteiger partial charge < -0.3 is 5.32 Å². The van der Waals surface area contributed by atoms with Gasteiger partial charge in [-0.05, 0) is 0 Å². The zero-order valence-electron chi connectivity index (χ0n) is 4.43. The quantitative estimate of drug-likeness (QED) is 0.615. The minimum Gasteiger partial charge on any atom is -0.372 e. The van der Waals surface area contributed by atoms with Crippen molar-refractivity contribution in [3.63, 3.8) is 0 Å². The third-order valence-electron chi connectivity index (χ3n) is 0.760. The predicted octanol–water partition coefficient (Wildman–Crippen LogP) is 1.10. The molecule has 2 N–H and O–H groups in total. The molecule has 0 unspecified atom stereocenters.